The minimum Gasteiger partial charge on any atom is -0.486 e. The summed E-state index contributed by atoms with van der Waals surface area (Å²) in [5, 5.41) is 0. The number of aryl methyl sites for hydroxylation is 1. The number of amides is 1. The molecule has 0 unspecified atom stereocenters. The van der Waals surface area contributed by atoms with Crippen molar-refractivity contribution in [1.29, 1.82) is 0 Å². The monoisotopic (exact) mass is 362 g/mol. The number of hydrogen-bond donors (Lipinski definition) is 0. The minimum absolute atomic E-state index is 0.273. The summed E-state index contributed by atoms with van der Waals surface area (Å²) in [7, 11) is 1.75. The molecule has 1 amide bonds. The van der Waals surface area contributed by atoms with Crippen LogP contribution in [0.5, 0.6) is 11.5 Å². The summed E-state index contributed by atoms with van der Waals surface area (Å²) in [6.07, 6.45) is 0. The summed E-state index contributed by atoms with van der Waals surface area (Å²) >= 11 is 1.27. The van der Waals surface area contributed by atoms with Crippen LogP contribution >= 0.6 is 11.3 Å². The van der Waals surface area contributed by atoms with E-state index >= 15 is 0 Å². The van der Waals surface area contributed by atoms with Gasteiger partial charge in [-0.15, -0.1) is 0 Å². The molecule has 1 aliphatic heterocycles. The molecule has 0 spiro atoms. The van der Waals surface area contributed by atoms with Crippen LogP contribution in [0.3, 0.4) is 0 Å². The highest BCUT2D eigenvalue weighted by Crippen LogP contribution is 2.35. The van der Waals surface area contributed by atoms with E-state index < -0.39 is 17.5 Å². The number of ether oxygens (including phenoxy) is 2. The Labute approximate surface area is 144 Å². The van der Waals surface area contributed by atoms with Gasteiger partial charge in [0.2, 0.25) is 0 Å². The average Bonchev–Trinajstić information content (AvgIpc) is 2.88. The standard InChI is InChI=1S/C17H12F2N2O3S/c1-21-12-7-13-14(24-5-4-23-13)8-15(12)25-17(21)20-16(22)10-3-2-9(18)6-11(10)19/h2-3,6-8H,4-5H2,1H3. The summed E-state index contributed by atoms with van der Waals surface area (Å²) in [6, 6.07) is 6.43. The first-order valence-electron chi connectivity index (χ1n) is 7.46. The maximum absolute atomic E-state index is 13.8. The first-order valence-corrected chi connectivity index (χ1v) is 8.28. The lowest BCUT2D eigenvalue weighted by atomic mass is 10.2. The van der Waals surface area contributed by atoms with E-state index in [4.69, 9.17) is 9.47 Å². The molecule has 3 aromatic rings. The third-order valence-electron chi connectivity index (χ3n) is 3.83. The summed E-state index contributed by atoms with van der Waals surface area (Å²) in [5.41, 5.74) is 0.546. The lowest BCUT2D eigenvalue weighted by Crippen LogP contribution is -2.16. The van der Waals surface area contributed by atoms with E-state index in [0.29, 0.717) is 35.6 Å². The molecule has 0 saturated heterocycles. The molecular formula is C17H12F2N2O3S. The summed E-state index contributed by atoms with van der Waals surface area (Å²) in [5.74, 6) is -1.17. The Morgan fingerprint density at radius 2 is 1.88 bits per heavy atom. The van der Waals surface area contributed by atoms with Gasteiger partial charge in [-0.25, -0.2) is 8.78 Å². The quantitative estimate of drug-likeness (QED) is 0.669. The highest BCUT2D eigenvalue weighted by molar-refractivity contribution is 7.16. The van der Waals surface area contributed by atoms with Crippen molar-refractivity contribution in [3.05, 3.63) is 52.3 Å². The van der Waals surface area contributed by atoms with E-state index in [1.165, 1.54) is 11.3 Å². The maximum Gasteiger partial charge on any atom is 0.282 e. The topological polar surface area (TPSA) is 52.8 Å². The van der Waals surface area contributed by atoms with Gasteiger partial charge in [-0.1, -0.05) is 11.3 Å². The predicted octanol–water partition coefficient (Wildman–Crippen LogP) is 3.03. The molecule has 1 aromatic heterocycles. The van der Waals surface area contributed by atoms with Gasteiger partial charge < -0.3 is 14.0 Å². The molecule has 0 atom stereocenters. The van der Waals surface area contributed by atoms with Crippen LogP contribution in [-0.4, -0.2) is 23.7 Å². The van der Waals surface area contributed by atoms with Gasteiger partial charge in [0.25, 0.3) is 5.91 Å². The zero-order valence-corrected chi connectivity index (χ0v) is 13.9. The smallest absolute Gasteiger partial charge is 0.282 e. The number of nitrogens with zero attached hydrogens (tertiary/aromatic N) is 2. The Morgan fingerprint density at radius 1 is 1.16 bits per heavy atom. The van der Waals surface area contributed by atoms with Gasteiger partial charge in [0.1, 0.15) is 24.8 Å². The molecule has 2 aromatic carbocycles. The second kappa shape index (κ2) is 5.96. The molecule has 0 aliphatic carbocycles. The number of thiazole rings is 1. The van der Waals surface area contributed by atoms with Gasteiger partial charge in [-0.05, 0) is 12.1 Å². The Balaban J connectivity index is 1.81. The largest absolute Gasteiger partial charge is 0.486 e. The van der Waals surface area contributed by atoms with Gasteiger partial charge in [0.05, 0.1) is 15.8 Å². The zero-order valence-electron chi connectivity index (χ0n) is 13.1. The molecule has 4 rings (SSSR count). The predicted molar refractivity (Wildman–Crippen MR) is 88.0 cm³/mol. The molecule has 5 nitrogen and oxygen atoms in total. The minimum atomic E-state index is -0.935. The second-order valence-corrected chi connectivity index (χ2v) is 6.46. The lowest BCUT2D eigenvalue weighted by Gasteiger charge is -2.18. The van der Waals surface area contributed by atoms with Gasteiger partial charge in [-0.3, -0.25) is 4.79 Å². The molecule has 0 radical (unpaired) electrons. The Morgan fingerprint density at radius 3 is 2.60 bits per heavy atom. The molecule has 0 fully saturated rings. The highest BCUT2D eigenvalue weighted by Gasteiger charge is 2.16. The number of benzene rings is 2. The fraction of sp³-hybridized carbons (Fsp3) is 0.176. The third-order valence-corrected chi connectivity index (χ3v) is 4.93. The van der Waals surface area contributed by atoms with E-state index in [9.17, 15) is 13.6 Å². The number of rotatable bonds is 1. The third kappa shape index (κ3) is 2.78. The van der Waals surface area contributed by atoms with Crippen molar-refractivity contribution in [2.45, 2.75) is 0 Å². The van der Waals surface area contributed by atoms with Crippen molar-refractivity contribution in [3.63, 3.8) is 0 Å². The van der Waals surface area contributed by atoms with E-state index in [-0.39, 0.29) is 5.56 Å². The highest BCUT2D eigenvalue weighted by atomic mass is 32.1. The Bertz CT molecular complexity index is 1070. The maximum atomic E-state index is 13.8. The lowest BCUT2D eigenvalue weighted by molar-refractivity contribution is 0.0994. The first kappa shape index (κ1) is 15.8. The molecule has 0 N–H and O–H groups in total. The van der Waals surface area contributed by atoms with Crippen LogP contribution in [0.25, 0.3) is 10.2 Å². The van der Waals surface area contributed by atoms with Crippen LogP contribution < -0.4 is 14.3 Å². The SMILES string of the molecule is Cn1c(=NC(=O)c2ccc(F)cc2F)sc2cc3c(cc21)OCCO3. The molecule has 1 aliphatic rings. The van der Waals surface area contributed by atoms with Crippen LogP contribution in [0, 0.1) is 11.6 Å². The van der Waals surface area contributed by atoms with Crippen molar-refractivity contribution in [2.24, 2.45) is 12.0 Å². The van der Waals surface area contributed by atoms with Crippen molar-refractivity contribution in [1.82, 2.24) is 4.57 Å². The molecule has 2 heterocycles. The molecule has 8 heteroatoms. The normalized spacial score (nSPS) is 14.1. The van der Waals surface area contributed by atoms with E-state index in [2.05, 4.69) is 4.99 Å². The molecular weight excluding hydrogens is 350 g/mol. The summed E-state index contributed by atoms with van der Waals surface area (Å²) in [4.78, 5) is 16.6. The van der Waals surface area contributed by atoms with Gasteiger partial charge in [0.15, 0.2) is 16.3 Å². The fourth-order valence-corrected chi connectivity index (χ4v) is 3.61. The van der Waals surface area contributed by atoms with Crippen LogP contribution in [0.15, 0.2) is 35.3 Å². The van der Waals surface area contributed by atoms with Gasteiger partial charge in [-0.2, -0.15) is 4.99 Å². The number of halogens is 2. The van der Waals surface area contributed by atoms with Crippen molar-refractivity contribution >= 4 is 27.5 Å². The van der Waals surface area contributed by atoms with E-state index in [1.807, 2.05) is 12.1 Å². The van der Waals surface area contributed by atoms with Gasteiger partial charge >= 0.3 is 0 Å². The van der Waals surface area contributed by atoms with Crippen molar-refractivity contribution in [2.75, 3.05) is 13.2 Å². The zero-order chi connectivity index (χ0) is 17.6. The number of fused-ring (bicyclic) bond motifs is 2. The molecule has 0 bridgehead atoms. The van der Waals surface area contributed by atoms with Crippen LogP contribution in [0.2, 0.25) is 0 Å². The van der Waals surface area contributed by atoms with Gasteiger partial charge in [0, 0.05) is 25.2 Å². The number of hydrogen-bond acceptors (Lipinski definition) is 4. The number of carbonyl (C=O) groups excluding carboxylic acids is 1. The number of aromatic nitrogens is 1. The van der Waals surface area contributed by atoms with Crippen LogP contribution in [0.1, 0.15) is 10.4 Å². The van der Waals surface area contributed by atoms with Crippen LogP contribution in [-0.2, 0) is 7.05 Å². The Hall–Kier alpha value is -2.74. The van der Waals surface area contributed by atoms with E-state index in [1.54, 1.807) is 11.6 Å². The van der Waals surface area contributed by atoms with E-state index in [0.717, 1.165) is 22.3 Å². The fourth-order valence-electron chi connectivity index (χ4n) is 2.58. The van der Waals surface area contributed by atoms with Crippen molar-refractivity contribution < 1.29 is 23.0 Å². The number of carbonyl (C=O) groups is 1. The summed E-state index contributed by atoms with van der Waals surface area (Å²) in [6.45, 7) is 0.960. The van der Waals surface area contributed by atoms with Crippen LogP contribution in [0.4, 0.5) is 8.78 Å². The second-order valence-electron chi connectivity index (χ2n) is 5.45. The van der Waals surface area contributed by atoms with Crippen molar-refractivity contribution in [3.8, 4) is 11.5 Å². The Kier molecular flexibility index (Phi) is 3.76. The summed E-state index contributed by atoms with van der Waals surface area (Å²) < 4.78 is 40.4. The first-order chi connectivity index (χ1) is 12.0. The average molecular weight is 362 g/mol. The molecule has 128 valence electrons. The molecule has 25 heavy (non-hydrogen) atoms. The molecule has 0 saturated carbocycles.